The number of rotatable bonds is 3. The van der Waals surface area contributed by atoms with Crippen molar-refractivity contribution >= 4 is 0 Å². The molecule has 1 heteroatoms. The van der Waals surface area contributed by atoms with Crippen molar-refractivity contribution < 1.29 is 0 Å². The van der Waals surface area contributed by atoms with E-state index in [1.165, 1.54) is 36.8 Å². The predicted molar refractivity (Wildman–Crippen MR) is 73.9 cm³/mol. The Kier molecular flexibility index (Phi) is 3.88. The van der Waals surface area contributed by atoms with Crippen LogP contribution < -0.4 is 5.73 Å². The molecule has 1 aliphatic rings. The lowest BCUT2D eigenvalue weighted by Crippen LogP contribution is -2.41. The summed E-state index contributed by atoms with van der Waals surface area (Å²) in [6, 6.07) is 8.62. The van der Waals surface area contributed by atoms with Gasteiger partial charge in [0.05, 0.1) is 0 Å². The summed E-state index contributed by atoms with van der Waals surface area (Å²) in [5.41, 5.74) is 9.30. The van der Waals surface area contributed by atoms with Crippen LogP contribution in [0.4, 0.5) is 0 Å². The van der Waals surface area contributed by atoms with E-state index in [-0.39, 0.29) is 5.54 Å². The lowest BCUT2D eigenvalue weighted by atomic mass is 9.71. The Balaban J connectivity index is 2.10. The predicted octanol–water partition coefficient (Wildman–Crippen LogP) is 4.14. The summed E-state index contributed by atoms with van der Waals surface area (Å²) >= 11 is 0. The molecule has 0 bridgehead atoms. The first-order valence-electron chi connectivity index (χ1n) is 7.00. The molecule has 1 nitrogen and oxygen atoms in total. The van der Waals surface area contributed by atoms with Gasteiger partial charge in [0.1, 0.15) is 0 Å². The van der Waals surface area contributed by atoms with E-state index < -0.39 is 0 Å². The zero-order valence-electron chi connectivity index (χ0n) is 11.2. The van der Waals surface area contributed by atoms with Gasteiger partial charge in [-0.05, 0) is 49.7 Å². The van der Waals surface area contributed by atoms with Crippen LogP contribution in [0.2, 0.25) is 0 Å². The minimum Gasteiger partial charge on any atom is -0.321 e. The van der Waals surface area contributed by atoms with Gasteiger partial charge in [0, 0.05) is 5.54 Å². The maximum absolute atomic E-state index is 6.64. The fraction of sp³-hybridized carbons (Fsp3) is 0.625. The van der Waals surface area contributed by atoms with E-state index in [1.54, 1.807) is 0 Å². The molecule has 0 unspecified atom stereocenters. The van der Waals surface area contributed by atoms with Crippen LogP contribution in [0.15, 0.2) is 24.3 Å². The molecule has 0 aliphatic heterocycles. The van der Waals surface area contributed by atoms with Gasteiger partial charge in [0.25, 0.3) is 0 Å². The fourth-order valence-electron chi connectivity index (χ4n) is 3.29. The first-order valence-corrected chi connectivity index (χ1v) is 7.00. The van der Waals surface area contributed by atoms with Gasteiger partial charge >= 0.3 is 0 Å². The van der Waals surface area contributed by atoms with Gasteiger partial charge in [-0.25, -0.2) is 0 Å². The van der Waals surface area contributed by atoms with E-state index in [2.05, 4.69) is 38.1 Å². The molecule has 1 aromatic carbocycles. The smallest absolute Gasteiger partial charge is 0.0412 e. The molecular formula is C16H25N. The molecule has 2 N–H and O–H groups in total. The summed E-state index contributed by atoms with van der Waals surface area (Å²) in [6.07, 6.45) is 7.61. The van der Waals surface area contributed by atoms with E-state index in [0.717, 1.165) is 18.8 Å². The lowest BCUT2D eigenvalue weighted by molar-refractivity contribution is 0.225. The first-order chi connectivity index (χ1) is 8.15. The summed E-state index contributed by atoms with van der Waals surface area (Å²) in [7, 11) is 0. The second-order valence-corrected chi connectivity index (χ2v) is 5.70. The van der Waals surface area contributed by atoms with E-state index in [9.17, 15) is 0 Å². The van der Waals surface area contributed by atoms with Gasteiger partial charge in [0.15, 0.2) is 0 Å². The number of nitrogens with two attached hydrogens (primary N) is 1. The Morgan fingerprint density at radius 1 is 1.24 bits per heavy atom. The average molecular weight is 231 g/mol. The Bertz CT molecular complexity index is 362. The Hall–Kier alpha value is -0.820. The maximum atomic E-state index is 6.64. The molecule has 94 valence electrons. The molecule has 1 saturated carbocycles. The molecule has 17 heavy (non-hydrogen) atoms. The molecule has 1 aliphatic carbocycles. The minimum absolute atomic E-state index is 0.0599. The summed E-state index contributed by atoms with van der Waals surface area (Å²) in [5.74, 6) is 0.917. The van der Waals surface area contributed by atoms with Crippen molar-refractivity contribution in [2.24, 2.45) is 11.7 Å². The third-order valence-corrected chi connectivity index (χ3v) is 4.38. The van der Waals surface area contributed by atoms with Crippen molar-refractivity contribution in [3.63, 3.8) is 0 Å². The van der Waals surface area contributed by atoms with Crippen molar-refractivity contribution in [2.45, 2.75) is 57.9 Å². The van der Waals surface area contributed by atoms with Gasteiger partial charge < -0.3 is 5.73 Å². The monoisotopic (exact) mass is 231 g/mol. The number of hydrogen-bond donors (Lipinski definition) is 1. The van der Waals surface area contributed by atoms with Crippen molar-refractivity contribution in [3.05, 3.63) is 35.4 Å². The normalized spacial score (nSPS) is 29.2. The zero-order valence-corrected chi connectivity index (χ0v) is 11.2. The van der Waals surface area contributed by atoms with Crippen LogP contribution in [0.3, 0.4) is 0 Å². The van der Waals surface area contributed by atoms with Gasteiger partial charge in [-0.2, -0.15) is 0 Å². The molecular weight excluding hydrogens is 206 g/mol. The van der Waals surface area contributed by atoms with Crippen LogP contribution in [0, 0.1) is 12.8 Å². The van der Waals surface area contributed by atoms with Crippen LogP contribution in [-0.2, 0) is 5.54 Å². The summed E-state index contributed by atoms with van der Waals surface area (Å²) in [6.45, 7) is 4.47. The largest absolute Gasteiger partial charge is 0.321 e. The SMILES string of the molecule is CCCC1CCC(N)(c2ccccc2C)CC1. The quantitative estimate of drug-likeness (QED) is 0.831. The molecule has 0 aromatic heterocycles. The molecule has 0 atom stereocenters. The van der Waals surface area contributed by atoms with Crippen LogP contribution in [0.25, 0.3) is 0 Å². The fourth-order valence-corrected chi connectivity index (χ4v) is 3.29. The van der Waals surface area contributed by atoms with E-state index in [0.29, 0.717) is 0 Å². The first kappa shape index (κ1) is 12.6. The Labute approximate surface area is 105 Å². The number of hydrogen-bond acceptors (Lipinski definition) is 1. The molecule has 1 aromatic rings. The van der Waals surface area contributed by atoms with Crippen LogP contribution in [0.5, 0.6) is 0 Å². The third kappa shape index (κ3) is 2.71. The van der Waals surface area contributed by atoms with Gasteiger partial charge in [-0.1, -0.05) is 44.0 Å². The average Bonchev–Trinajstić information content (AvgIpc) is 2.33. The van der Waals surface area contributed by atoms with Crippen LogP contribution in [-0.4, -0.2) is 0 Å². The van der Waals surface area contributed by atoms with Gasteiger partial charge in [0.2, 0.25) is 0 Å². The molecule has 2 rings (SSSR count). The topological polar surface area (TPSA) is 26.0 Å². The highest BCUT2D eigenvalue weighted by atomic mass is 14.7. The Morgan fingerprint density at radius 3 is 2.47 bits per heavy atom. The summed E-state index contributed by atoms with van der Waals surface area (Å²) in [5, 5.41) is 0. The van der Waals surface area contributed by atoms with Crippen molar-refractivity contribution in [1.29, 1.82) is 0 Å². The van der Waals surface area contributed by atoms with E-state index >= 15 is 0 Å². The number of aryl methyl sites for hydroxylation is 1. The second kappa shape index (κ2) is 5.22. The number of benzene rings is 1. The highest BCUT2D eigenvalue weighted by Gasteiger charge is 2.33. The van der Waals surface area contributed by atoms with Crippen molar-refractivity contribution in [1.82, 2.24) is 0 Å². The molecule has 0 saturated heterocycles. The Morgan fingerprint density at radius 2 is 1.88 bits per heavy atom. The molecule has 0 spiro atoms. The van der Waals surface area contributed by atoms with E-state index in [4.69, 9.17) is 5.73 Å². The zero-order chi connectivity index (χ0) is 12.3. The van der Waals surface area contributed by atoms with Crippen molar-refractivity contribution in [2.75, 3.05) is 0 Å². The standard InChI is InChI=1S/C16H25N/c1-3-6-14-9-11-16(17,12-10-14)15-8-5-4-7-13(15)2/h4-5,7-8,14H,3,6,9-12,17H2,1-2H3. The second-order valence-electron chi connectivity index (χ2n) is 5.70. The summed E-state index contributed by atoms with van der Waals surface area (Å²) in [4.78, 5) is 0. The highest BCUT2D eigenvalue weighted by Crippen LogP contribution is 2.39. The molecule has 1 fully saturated rings. The van der Waals surface area contributed by atoms with Crippen LogP contribution in [0.1, 0.15) is 56.6 Å². The van der Waals surface area contributed by atoms with E-state index in [1.807, 2.05) is 0 Å². The minimum atomic E-state index is -0.0599. The third-order valence-electron chi connectivity index (χ3n) is 4.38. The van der Waals surface area contributed by atoms with Gasteiger partial charge in [-0.15, -0.1) is 0 Å². The highest BCUT2D eigenvalue weighted by molar-refractivity contribution is 5.32. The lowest BCUT2D eigenvalue weighted by Gasteiger charge is -2.38. The summed E-state index contributed by atoms with van der Waals surface area (Å²) < 4.78 is 0. The molecule has 0 amide bonds. The van der Waals surface area contributed by atoms with Crippen LogP contribution >= 0.6 is 0 Å². The molecule has 0 radical (unpaired) electrons. The molecule has 0 heterocycles. The maximum Gasteiger partial charge on any atom is 0.0412 e. The van der Waals surface area contributed by atoms with Gasteiger partial charge in [-0.3, -0.25) is 0 Å². The van der Waals surface area contributed by atoms with Crippen molar-refractivity contribution in [3.8, 4) is 0 Å².